The zero-order chi connectivity index (χ0) is 15.4. The van der Waals surface area contributed by atoms with E-state index in [-0.39, 0.29) is 6.04 Å². The van der Waals surface area contributed by atoms with Gasteiger partial charge in [-0.15, -0.1) is 11.3 Å². The SMILES string of the molecule is COc1ccc(C(N)Cc2ccc(Br)s2)c(OC)c1OC. The second kappa shape index (κ2) is 7.15. The van der Waals surface area contributed by atoms with Crippen LogP contribution < -0.4 is 19.9 Å². The van der Waals surface area contributed by atoms with Crippen molar-refractivity contribution in [2.45, 2.75) is 12.5 Å². The Kier molecular flexibility index (Phi) is 5.50. The Balaban J connectivity index is 2.33. The second-order valence-corrected chi connectivity index (χ2v) is 6.99. The first-order chi connectivity index (χ1) is 10.1. The molecule has 0 saturated carbocycles. The number of methoxy groups -OCH3 is 3. The smallest absolute Gasteiger partial charge is 0.203 e. The highest BCUT2D eigenvalue weighted by molar-refractivity contribution is 9.11. The standard InChI is InChI=1S/C15H18BrNO3S/c1-18-12-6-5-10(14(19-2)15(12)20-3)11(17)8-9-4-7-13(16)21-9/h4-7,11H,8,17H2,1-3H3. The Bertz CT molecular complexity index is 615. The maximum Gasteiger partial charge on any atom is 0.203 e. The Morgan fingerprint density at radius 2 is 1.76 bits per heavy atom. The van der Waals surface area contributed by atoms with Crippen molar-refractivity contribution in [3.8, 4) is 17.2 Å². The van der Waals surface area contributed by atoms with E-state index in [0.29, 0.717) is 17.2 Å². The average Bonchev–Trinajstić information content (AvgIpc) is 2.90. The van der Waals surface area contributed by atoms with Gasteiger partial charge in [0.2, 0.25) is 5.75 Å². The normalized spacial score (nSPS) is 12.0. The summed E-state index contributed by atoms with van der Waals surface area (Å²) in [6.45, 7) is 0. The number of benzene rings is 1. The number of thiophene rings is 1. The molecule has 21 heavy (non-hydrogen) atoms. The molecule has 1 heterocycles. The molecule has 0 fully saturated rings. The Morgan fingerprint density at radius 1 is 1.05 bits per heavy atom. The van der Waals surface area contributed by atoms with Gasteiger partial charge in [0.05, 0.1) is 25.1 Å². The van der Waals surface area contributed by atoms with Gasteiger partial charge in [-0.3, -0.25) is 0 Å². The molecule has 2 aromatic rings. The minimum atomic E-state index is -0.176. The van der Waals surface area contributed by atoms with E-state index in [1.54, 1.807) is 32.7 Å². The van der Waals surface area contributed by atoms with E-state index in [4.69, 9.17) is 19.9 Å². The van der Waals surface area contributed by atoms with Gasteiger partial charge in [-0.25, -0.2) is 0 Å². The lowest BCUT2D eigenvalue weighted by Crippen LogP contribution is -2.14. The molecular weight excluding hydrogens is 354 g/mol. The van der Waals surface area contributed by atoms with Crippen molar-refractivity contribution >= 4 is 27.3 Å². The minimum absolute atomic E-state index is 0.176. The zero-order valence-corrected chi connectivity index (χ0v) is 14.6. The molecule has 0 amide bonds. The Morgan fingerprint density at radius 3 is 2.29 bits per heavy atom. The molecule has 1 unspecified atom stereocenters. The second-order valence-electron chi connectivity index (χ2n) is 4.44. The van der Waals surface area contributed by atoms with Crippen LogP contribution in [0.15, 0.2) is 28.1 Å². The third-order valence-electron chi connectivity index (χ3n) is 3.18. The van der Waals surface area contributed by atoms with E-state index in [0.717, 1.165) is 15.8 Å². The highest BCUT2D eigenvalue weighted by Crippen LogP contribution is 2.42. The first kappa shape index (κ1) is 16.1. The molecule has 0 aliphatic heterocycles. The fourth-order valence-corrected chi connectivity index (χ4v) is 3.75. The van der Waals surface area contributed by atoms with Gasteiger partial charge in [0.1, 0.15) is 0 Å². The lowest BCUT2D eigenvalue weighted by atomic mass is 10.0. The molecule has 0 bridgehead atoms. The van der Waals surface area contributed by atoms with Crippen LogP contribution in [0.5, 0.6) is 17.2 Å². The van der Waals surface area contributed by atoms with Crippen LogP contribution in [0.25, 0.3) is 0 Å². The van der Waals surface area contributed by atoms with Crippen molar-refractivity contribution < 1.29 is 14.2 Å². The van der Waals surface area contributed by atoms with Crippen LogP contribution in [0.2, 0.25) is 0 Å². The van der Waals surface area contributed by atoms with Crippen LogP contribution in [-0.2, 0) is 6.42 Å². The summed E-state index contributed by atoms with van der Waals surface area (Å²) in [6.07, 6.45) is 0.738. The molecule has 0 saturated heterocycles. The predicted octanol–water partition coefficient (Wildman–Crippen LogP) is 3.78. The van der Waals surface area contributed by atoms with Crippen LogP contribution in [0.3, 0.4) is 0 Å². The van der Waals surface area contributed by atoms with Crippen molar-refractivity contribution in [3.63, 3.8) is 0 Å². The van der Waals surface area contributed by atoms with Crippen molar-refractivity contribution in [2.75, 3.05) is 21.3 Å². The average molecular weight is 372 g/mol. The summed E-state index contributed by atoms with van der Waals surface area (Å²) in [6, 6.07) is 7.69. The molecule has 1 atom stereocenters. The minimum Gasteiger partial charge on any atom is -0.493 e. The van der Waals surface area contributed by atoms with E-state index in [9.17, 15) is 0 Å². The molecule has 1 aromatic carbocycles. The zero-order valence-electron chi connectivity index (χ0n) is 12.2. The largest absolute Gasteiger partial charge is 0.493 e. The van der Waals surface area contributed by atoms with Gasteiger partial charge in [-0.2, -0.15) is 0 Å². The van der Waals surface area contributed by atoms with Gasteiger partial charge >= 0.3 is 0 Å². The quantitative estimate of drug-likeness (QED) is 0.839. The van der Waals surface area contributed by atoms with Gasteiger partial charge in [0.25, 0.3) is 0 Å². The van der Waals surface area contributed by atoms with Crippen LogP contribution in [0.1, 0.15) is 16.5 Å². The van der Waals surface area contributed by atoms with E-state index in [1.165, 1.54) is 4.88 Å². The highest BCUT2D eigenvalue weighted by Gasteiger charge is 2.20. The summed E-state index contributed by atoms with van der Waals surface area (Å²) in [5, 5.41) is 0. The number of hydrogen-bond donors (Lipinski definition) is 1. The van der Waals surface area contributed by atoms with E-state index in [2.05, 4.69) is 22.0 Å². The van der Waals surface area contributed by atoms with Crippen molar-refractivity contribution in [1.82, 2.24) is 0 Å². The highest BCUT2D eigenvalue weighted by atomic mass is 79.9. The topological polar surface area (TPSA) is 53.7 Å². The maximum atomic E-state index is 6.34. The van der Waals surface area contributed by atoms with Crippen LogP contribution in [0.4, 0.5) is 0 Å². The van der Waals surface area contributed by atoms with Gasteiger partial charge in [-0.05, 0) is 40.2 Å². The fourth-order valence-electron chi connectivity index (χ4n) is 2.20. The van der Waals surface area contributed by atoms with Gasteiger partial charge in [0.15, 0.2) is 11.5 Å². The predicted molar refractivity (Wildman–Crippen MR) is 88.7 cm³/mol. The molecule has 4 nitrogen and oxygen atoms in total. The summed E-state index contributed by atoms with van der Waals surface area (Å²) in [5.41, 5.74) is 7.25. The molecule has 0 aliphatic carbocycles. The van der Waals surface area contributed by atoms with Crippen LogP contribution in [-0.4, -0.2) is 21.3 Å². The van der Waals surface area contributed by atoms with Gasteiger partial charge in [0, 0.05) is 22.9 Å². The molecule has 0 aliphatic rings. The van der Waals surface area contributed by atoms with Crippen LogP contribution >= 0.6 is 27.3 Å². The molecule has 6 heteroatoms. The first-order valence-corrected chi connectivity index (χ1v) is 8.00. The number of ether oxygens (including phenoxy) is 3. The van der Waals surface area contributed by atoms with Gasteiger partial charge in [-0.1, -0.05) is 0 Å². The monoisotopic (exact) mass is 371 g/mol. The van der Waals surface area contributed by atoms with E-state index in [1.807, 2.05) is 18.2 Å². The fraction of sp³-hybridized carbons (Fsp3) is 0.333. The summed E-state index contributed by atoms with van der Waals surface area (Å²) in [7, 11) is 4.79. The van der Waals surface area contributed by atoms with E-state index < -0.39 is 0 Å². The third kappa shape index (κ3) is 3.51. The maximum absolute atomic E-state index is 6.34. The van der Waals surface area contributed by atoms with E-state index >= 15 is 0 Å². The lowest BCUT2D eigenvalue weighted by molar-refractivity contribution is 0.320. The summed E-state index contributed by atoms with van der Waals surface area (Å²) in [4.78, 5) is 1.21. The van der Waals surface area contributed by atoms with Gasteiger partial charge < -0.3 is 19.9 Å². The number of rotatable bonds is 6. The molecular formula is C15H18BrNO3S. The first-order valence-electron chi connectivity index (χ1n) is 6.39. The molecule has 0 radical (unpaired) electrons. The Labute approximate surface area is 137 Å². The van der Waals surface area contributed by atoms with Crippen molar-refractivity contribution in [1.29, 1.82) is 0 Å². The third-order valence-corrected chi connectivity index (χ3v) is 4.83. The molecule has 114 valence electrons. The lowest BCUT2D eigenvalue weighted by Gasteiger charge is -2.19. The van der Waals surface area contributed by atoms with Crippen molar-refractivity contribution in [2.24, 2.45) is 5.73 Å². The Hall–Kier alpha value is -1.24. The number of hydrogen-bond acceptors (Lipinski definition) is 5. The molecule has 2 N–H and O–H groups in total. The molecule has 2 rings (SSSR count). The summed E-state index contributed by atoms with van der Waals surface area (Å²) >= 11 is 5.15. The summed E-state index contributed by atoms with van der Waals surface area (Å²) in [5.74, 6) is 1.82. The van der Waals surface area contributed by atoms with Crippen LogP contribution in [0, 0.1) is 0 Å². The molecule has 0 spiro atoms. The van der Waals surface area contributed by atoms with Crippen molar-refractivity contribution in [3.05, 3.63) is 38.5 Å². The summed E-state index contributed by atoms with van der Waals surface area (Å²) < 4.78 is 17.3. The number of halogens is 1. The number of nitrogens with two attached hydrogens (primary N) is 1. The molecule has 1 aromatic heterocycles.